The molecule has 12 heteroatoms. The van der Waals surface area contributed by atoms with Gasteiger partial charge in [-0.1, -0.05) is 59.6 Å². The van der Waals surface area contributed by atoms with Gasteiger partial charge in [0.15, 0.2) is 0 Å². The molecule has 10 nitrogen and oxygen atoms in total. The number of halogens is 2. The van der Waals surface area contributed by atoms with Crippen LogP contribution in [0.3, 0.4) is 0 Å². The van der Waals surface area contributed by atoms with Crippen molar-refractivity contribution in [3.8, 4) is 45.4 Å². The van der Waals surface area contributed by atoms with Gasteiger partial charge in [-0.2, -0.15) is 0 Å². The number of hydrogen-bond donors (Lipinski definition) is 2. The zero-order valence-electron chi connectivity index (χ0n) is 30.5. The molecular weight excluding hydrogens is 711 g/mol. The lowest BCUT2D eigenvalue weighted by molar-refractivity contribution is -0.157. The van der Waals surface area contributed by atoms with E-state index in [1.807, 2.05) is 41.3 Å². The Bertz CT molecular complexity index is 2110. The quantitative estimate of drug-likeness (QED) is 0.186. The van der Waals surface area contributed by atoms with Crippen molar-refractivity contribution < 1.29 is 19.1 Å². The van der Waals surface area contributed by atoms with Crippen LogP contribution in [0.4, 0.5) is 0 Å². The molecule has 0 saturated carbocycles. The molecule has 53 heavy (non-hydrogen) atoms. The molecule has 0 bridgehead atoms. The maximum absolute atomic E-state index is 11.7. The fraction of sp³-hybridized carbons (Fsp3) is 0.415. The van der Waals surface area contributed by atoms with Crippen LogP contribution in [-0.4, -0.2) is 84.6 Å². The SMILES string of the molecule is COc1nc(-c2cccc(-c3cccc(-c4cc5c(c(OC)n4)[C@H](NC[C@@H]4CCC(=O)N4)CC5)c3Cl)c2Cl)cc(C)c1CN1CC2(C1)CN(C(C)=O)C2. The number of aromatic nitrogens is 2. The molecule has 2 amide bonds. The highest BCUT2D eigenvalue weighted by Gasteiger charge is 2.52. The second kappa shape index (κ2) is 14.2. The summed E-state index contributed by atoms with van der Waals surface area (Å²) < 4.78 is 11.7. The van der Waals surface area contributed by atoms with Crippen molar-refractivity contribution in [2.24, 2.45) is 5.41 Å². The number of hydrogen-bond acceptors (Lipinski definition) is 8. The van der Waals surface area contributed by atoms with Crippen molar-refractivity contribution in [2.45, 2.75) is 58.2 Å². The van der Waals surface area contributed by atoms with Gasteiger partial charge < -0.3 is 25.0 Å². The molecule has 4 aliphatic rings. The number of nitrogens with zero attached hydrogens (tertiary/aromatic N) is 4. The molecule has 0 radical (unpaired) electrons. The summed E-state index contributed by atoms with van der Waals surface area (Å²) in [6, 6.07) is 16.3. The Balaban J connectivity index is 1.04. The molecule has 276 valence electrons. The molecule has 1 aliphatic carbocycles. The molecular formula is C41H44Cl2N6O4. The third-order valence-electron chi connectivity index (χ3n) is 11.4. The van der Waals surface area contributed by atoms with Gasteiger partial charge in [0, 0.05) is 103 Å². The molecule has 8 rings (SSSR count). The summed E-state index contributed by atoms with van der Waals surface area (Å²) in [5.41, 5.74) is 9.23. The first kappa shape index (κ1) is 35.8. The lowest BCUT2D eigenvalue weighted by Gasteiger charge is -2.60. The van der Waals surface area contributed by atoms with Crippen LogP contribution in [0.5, 0.6) is 11.8 Å². The monoisotopic (exact) mass is 754 g/mol. The second-order valence-electron chi connectivity index (χ2n) is 15.1. The van der Waals surface area contributed by atoms with Crippen molar-refractivity contribution in [2.75, 3.05) is 46.9 Å². The predicted molar refractivity (Wildman–Crippen MR) is 206 cm³/mol. The van der Waals surface area contributed by atoms with Crippen molar-refractivity contribution in [1.82, 2.24) is 30.4 Å². The smallest absolute Gasteiger partial charge is 0.220 e. The Morgan fingerprint density at radius 1 is 0.906 bits per heavy atom. The van der Waals surface area contributed by atoms with Crippen LogP contribution in [0.15, 0.2) is 48.5 Å². The Hall–Kier alpha value is -4.22. The average Bonchev–Trinajstić information content (AvgIpc) is 3.73. The van der Waals surface area contributed by atoms with E-state index in [9.17, 15) is 9.59 Å². The van der Waals surface area contributed by atoms with E-state index in [-0.39, 0.29) is 29.3 Å². The maximum Gasteiger partial charge on any atom is 0.220 e. The Kier molecular flexibility index (Phi) is 9.60. The summed E-state index contributed by atoms with van der Waals surface area (Å²) in [4.78, 5) is 37.6. The number of benzene rings is 2. The van der Waals surface area contributed by atoms with Gasteiger partial charge in [-0.05, 0) is 49.4 Å². The first-order valence-electron chi connectivity index (χ1n) is 18.3. The zero-order valence-corrected chi connectivity index (χ0v) is 32.0. The predicted octanol–water partition coefficient (Wildman–Crippen LogP) is 6.63. The van der Waals surface area contributed by atoms with E-state index < -0.39 is 0 Å². The summed E-state index contributed by atoms with van der Waals surface area (Å²) >= 11 is 14.5. The van der Waals surface area contributed by atoms with Crippen LogP contribution in [0, 0.1) is 12.3 Å². The highest BCUT2D eigenvalue weighted by molar-refractivity contribution is 6.39. The molecule has 1 spiro atoms. The van der Waals surface area contributed by atoms with Crippen molar-refractivity contribution in [3.05, 3.63) is 80.8 Å². The Morgan fingerprint density at radius 2 is 1.53 bits per heavy atom. The van der Waals surface area contributed by atoms with Gasteiger partial charge in [-0.25, -0.2) is 9.97 Å². The third-order valence-corrected chi connectivity index (χ3v) is 12.2. The van der Waals surface area contributed by atoms with Gasteiger partial charge in [0.1, 0.15) is 0 Å². The van der Waals surface area contributed by atoms with Crippen LogP contribution in [0.1, 0.15) is 54.5 Å². The van der Waals surface area contributed by atoms with Crippen LogP contribution in [-0.2, 0) is 22.6 Å². The number of aryl methyl sites for hydroxylation is 2. The summed E-state index contributed by atoms with van der Waals surface area (Å²) in [5, 5.41) is 7.77. The molecule has 2 N–H and O–H groups in total. The largest absolute Gasteiger partial charge is 0.481 e. The van der Waals surface area contributed by atoms with Crippen LogP contribution >= 0.6 is 23.2 Å². The molecule has 4 aromatic rings. The number of rotatable bonds is 10. The minimum atomic E-state index is 0.0996. The van der Waals surface area contributed by atoms with E-state index in [4.69, 9.17) is 42.6 Å². The molecule has 5 heterocycles. The maximum atomic E-state index is 11.7. The van der Waals surface area contributed by atoms with Gasteiger partial charge in [0.25, 0.3) is 0 Å². The molecule has 2 aromatic heterocycles. The number of fused-ring (bicyclic) bond motifs is 1. The van der Waals surface area contributed by atoms with Crippen LogP contribution in [0.25, 0.3) is 33.6 Å². The molecule has 3 saturated heterocycles. The van der Waals surface area contributed by atoms with E-state index >= 15 is 0 Å². The van der Waals surface area contributed by atoms with E-state index in [0.717, 1.165) is 102 Å². The minimum Gasteiger partial charge on any atom is -0.481 e. The Morgan fingerprint density at radius 3 is 2.13 bits per heavy atom. The number of methoxy groups -OCH3 is 2. The number of ether oxygens (including phenoxy) is 2. The molecule has 2 aromatic carbocycles. The average molecular weight is 756 g/mol. The summed E-state index contributed by atoms with van der Waals surface area (Å²) in [6.45, 7) is 8.77. The molecule has 3 fully saturated rings. The van der Waals surface area contributed by atoms with Crippen molar-refractivity contribution in [1.29, 1.82) is 0 Å². The van der Waals surface area contributed by atoms with E-state index in [1.54, 1.807) is 21.1 Å². The minimum absolute atomic E-state index is 0.0996. The topological polar surface area (TPSA) is 109 Å². The zero-order chi connectivity index (χ0) is 37.0. The van der Waals surface area contributed by atoms with Gasteiger partial charge in [-0.15, -0.1) is 0 Å². The van der Waals surface area contributed by atoms with Gasteiger partial charge in [0.05, 0.1) is 35.7 Å². The fourth-order valence-corrected chi connectivity index (χ4v) is 9.34. The fourth-order valence-electron chi connectivity index (χ4n) is 8.69. The number of amides is 2. The highest BCUT2D eigenvalue weighted by Crippen LogP contribution is 2.45. The number of likely N-dealkylation sites (tertiary alicyclic amines) is 2. The van der Waals surface area contributed by atoms with Gasteiger partial charge in [0.2, 0.25) is 23.6 Å². The standard InChI is InChI=1S/C41H44Cl2N6O4/c1-23-15-33(46-39(52-3)31(23)18-48-19-41(20-48)21-49(22-41)24(2)50)29-9-5-7-27(37(29)42)28-8-6-10-30(38(28)43)34-16-25-11-13-32(36(25)40(47-34)53-4)44-17-26-12-14-35(51)45-26/h5-10,15-16,26,32,44H,11-14,17-22H2,1-4H3,(H,45,51)/t26-,32+/m0/s1. The highest BCUT2D eigenvalue weighted by atomic mass is 35.5. The number of carbonyl (C=O) groups excluding carboxylic acids is 2. The van der Waals surface area contributed by atoms with Crippen LogP contribution < -0.4 is 20.1 Å². The summed E-state index contributed by atoms with van der Waals surface area (Å²) in [5.74, 6) is 1.43. The first-order valence-corrected chi connectivity index (χ1v) is 19.0. The lowest BCUT2D eigenvalue weighted by Crippen LogP contribution is -2.72. The van der Waals surface area contributed by atoms with Crippen molar-refractivity contribution >= 4 is 35.0 Å². The van der Waals surface area contributed by atoms with E-state index in [1.165, 1.54) is 5.56 Å². The van der Waals surface area contributed by atoms with Crippen molar-refractivity contribution in [3.63, 3.8) is 0 Å². The second-order valence-corrected chi connectivity index (χ2v) is 15.8. The molecule has 0 unspecified atom stereocenters. The number of nitrogens with one attached hydrogen (secondary N) is 2. The molecule has 3 aliphatic heterocycles. The Labute approximate surface area is 320 Å². The summed E-state index contributed by atoms with van der Waals surface area (Å²) in [7, 11) is 3.31. The normalized spacial score (nSPS) is 20.2. The van der Waals surface area contributed by atoms with Crippen LogP contribution in [0.2, 0.25) is 10.0 Å². The van der Waals surface area contributed by atoms with Gasteiger partial charge >= 0.3 is 0 Å². The van der Waals surface area contributed by atoms with E-state index in [0.29, 0.717) is 34.8 Å². The van der Waals surface area contributed by atoms with Gasteiger partial charge in [-0.3, -0.25) is 14.5 Å². The third kappa shape index (κ3) is 6.64. The lowest BCUT2D eigenvalue weighted by atomic mass is 9.72. The number of carbonyl (C=O) groups is 2. The van der Waals surface area contributed by atoms with E-state index in [2.05, 4.69) is 34.6 Å². The first-order chi connectivity index (χ1) is 25.6. The number of pyridine rings is 2. The summed E-state index contributed by atoms with van der Waals surface area (Å²) in [6.07, 6.45) is 3.24. The molecule has 2 atom stereocenters.